The molecule has 146 valence electrons. The van der Waals surface area contributed by atoms with Gasteiger partial charge in [0.15, 0.2) is 5.13 Å². The maximum Gasteiger partial charge on any atom is 0.263 e. The number of halogens is 1. The van der Waals surface area contributed by atoms with Crippen molar-refractivity contribution in [3.8, 4) is 0 Å². The molecule has 0 aliphatic rings. The van der Waals surface area contributed by atoms with Crippen LogP contribution in [-0.4, -0.2) is 25.1 Å². The first-order valence-corrected chi connectivity index (χ1v) is 11.6. The van der Waals surface area contributed by atoms with E-state index < -0.39 is 10.0 Å². The molecule has 0 saturated carbocycles. The molecule has 0 spiro atoms. The molecule has 1 amide bonds. The van der Waals surface area contributed by atoms with Crippen LogP contribution in [0.5, 0.6) is 0 Å². The average Bonchev–Trinajstić information content (AvgIpc) is 3.16. The van der Waals surface area contributed by atoms with Crippen molar-refractivity contribution >= 4 is 49.8 Å². The first-order valence-electron chi connectivity index (χ1n) is 8.07. The van der Waals surface area contributed by atoms with E-state index in [0.717, 1.165) is 5.56 Å². The van der Waals surface area contributed by atoms with E-state index in [1.807, 2.05) is 0 Å². The van der Waals surface area contributed by atoms with Gasteiger partial charge in [0.1, 0.15) is 5.82 Å². The van der Waals surface area contributed by atoms with Crippen molar-refractivity contribution in [2.75, 3.05) is 15.8 Å². The fraction of sp³-hybridized carbons (Fsp3) is 0.111. The van der Waals surface area contributed by atoms with Crippen molar-refractivity contribution in [2.45, 2.75) is 10.6 Å². The van der Waals surface area contributed by atoms with Gasteiger partial charge in [-0.1, -0.05) is 12.1 Å². The smallest absolute Gasteiger partial charge is 0.263 e. The Morgan fingerprint density at radius 3 is 2.46 bits per heavy atom. The van der Waals surface area contributed by atoms with Gasteiger partial charge in [-0.25, -0.2) is 17.8 Å². The zero-order chi connectivity index (χ0) is 20.0. The van der Waals surface area contributed by atoms with Gasteiger partial charge in [0.05, 0.1) is 10.6 Å². The molecular weight excluding hydrogens is 421 g/mol. The number of nitrogens with one attached hydrogen (secondary N) is 2. The lowest BCUT2D eigenvalue weighted by molar-refractivity contribution is -0.113. The predicted molar refractivity (Wildman–Crippen MR) is 111 cm³/mol. The number of sulfonamides is 1. The van der Waals surface area contributed by atoms with Gasteiger partial charge in [0.2, 0.25) is 5.91 Å². The van der Waals surface area contributed by atoms with Crippen molar-refractivity contribution in [3.63, 3.8) is 0 Å². The van der Waals surface area contributed by atoms with Gasteiger partial charge >= 0.3 is 0 Å². The molecule has 0 unspecified atom stereocenters. The summed E-state index contributed by atoms with van der Waals surface area (Å²) in [7, 11) is -3.72. The quantitative estimate of drug-likeness (QED) is 0.557. The molecule has 2 N–H and O–H groups in total. The first-order chi connectivity index (χ1) is 13.4. The predicted octanol–water partition coefficient (Wildman–Crippen LogP) is 3.95. The van der Waals surface area contributed by atoms with Crippen molar-refractivity contribution in [1.82, 2.24) is 4.98 Å². The number of anilines is 2. The van der Waals surface area contributed by atoms with Crippen LogP contribution in [0, 0.1) is 5.82 Å². The van der Waals surface area contributed by atoms with Crippen LogP contribution in [0.1, 0.15) is 5.56 Å². The number of benzene rings is 2. The summed E-state index contributed by atoms with van der Waals surface area (Å²) in [6.45, 7) is 0. The zero-order valence-corrected chi connectivity index (χ0v) is 16.9. The molecule has 0 fully saturated rings. The summed E-state index contributed by atoms with van der Waals surface area (Å²) in [6.07, 6.45) is 1.51. The summed E-state index contributed by atoms with van der Waals surface area (Å²) >= 11 is 2.59. The molecule has 10 heteroatoms. The van der Waals surface area contributed by atoms with Crippen molar-refractivity contribution in [3.05, 3.63) is 71.5 Å². The topological polar surface area (TPSA) is 88.2 Å². The van der Waals surface area contributed by atoms with E-state index in [9.17, 15) is 17.6 Å². The third-order valence-electron chi connectivity index (χ3n) is 3.52. The highest BCUT2D eigenvalue weighted by molar-refractivity contribution is 7.99. The molecule has 0 aliphatic carbocycles. The third-order valence-corrected chi connectivity index (χ3v) is 6.69. The van der Waals surface area contributed by atoms with Crippen LogP contribution in [0.3, 0.4) is 0 Å². The Kier molecular flexibility index (Phi) is 6.65. The fourth-order valence-corrected chi connectivity index (χ4v) is 4.78. The Bertz CT molecular complexity index is 1020. The number of carbonyl (C=O) groups is 1. The lowest BCUT2D eigenvalue weighted by Gasteiger charge is -2.08. The van der Waals surface area contributed by atoms with Crippen molar-refractivity contribution < 1.29 is 17.6 Å². The third kappa shape index (κ3) is 5.78. The van der Waals surface area contributed by atoms with Crippen LogP contribution in [0.4, 0.5) is 15.2 Å². The van der Waals surface area contributed by atoms with E-state index >= 15 is 0 Å². The SMILES string of the molecule is O=C(CSCc1ccc(F)cc1)Nc1ccc(S(=O)(=O)Nc2nccs2)cc1. The number of hydrogen-bond donors (Lipinski definition) is 2. The van der Waals surface area contributed by atoms with E-state index in [1.54, 1.807) is 17.5 Å². The van der Waals surface area contributed by atoms with Crippen LogP contribution in [0.25, 0.3) is 0 Å². The summed E-state index contributed by atoms with van der Waals surface area (Å²) in [4.78, 5) is 16.0. The van der Waals surface area contributed by atoms with Crippen LogP contribution in [-0.2, 0) is 20.6 Å². The van der Waals surface area contributed by atoms with Crippen LogP contribution in [0.15, 0.2) is 65.0 Å². The molecule has 6 nitrogen and oxygen atoms in total. The second-order valence-corrected chi connectivity index (χ2v) is 9.20. The molecule has 0 radical (unpaired) electrons. The van der Waals surface area contributed by atoms with Crippen LogP contribution in [0.2, 0.25) is 0 Å². The fourth-order valence-electron chi connectivity index (χ4n) is 2.20. The maximum absolute atomic E-state index is 12.9. The molecule has 28 heavy (non-hydrogen) atoms. The van der Waals surface area contributed by atoms with E-state index in [0.29, 0.717) is 11.4 Å². The molecule has 2 aromatic carbocycles. The minimum atomic E-state index is -3.72. The summed E-state index contributed by atoms with van der Waals surface area (Å²) < 4.78 is 39.8. The number of hydrogen-bond acceptors (Lipinski definition) is 6. The largest absolute Gasteiger partial charge is 0.325 e. The molecule has 1 aromatic heterocycles. The standard InChI is InChI=1S/C18H16FN3O3S3/c19-14-3-1-13(2-4-14)11-26-12-17(23)21-15-5-7-16(8-6-15)28(24,25)22-18-20-9-10-27-18/h1-10H,11-12H2,(H,20,22)(H,21,23). The van der Waals surface area contributed by atoms with E-state index in [4.69, 9.17) is 0 Å². The molecule has 0 aliphatic heterocycles. The van der Waals surface area contributed by atoms with E-state index in [1.165, 1.54) is 65.7 Å². The molecule has 1 heterocycles. The van der Waals surface area contributed by atoms with Gasteiger partial charge in [-0.05, 0) is 42.0 Å². The highest BCUT2D eigenvalue weighted by Gasteiger charge is 2.15. The summed E-state index contributed by atoms with van der Waals surface area (Å²) in [5, 5.41) is 4.68. The summed E-state index contributed by atoms with van der Waals surface area (Å²) in [5.74, 6) is 0.318. The van der Waals surface area contributed by atoms with Gasteiger partial charge < -0.3 is 5.32 Å². The molecule has 0 atom stereocenters. The Labute approximate surface area is 170 Å². The summed E-state index contributed by atoms with van der Waals surface area (Å²) in [6, 6.07) is 12.0. The Morgan fingerprint density at radius 1 is 1.11 bits per heavy atom. The molecule has 3 aromatic rings. The highest BCUT2D eigenvalue weighted by atomic mass is 32.2. The number of rotatable bonds is 8. The van der Waals surface area contributed by atoms with Gasteiger partial charge in [0.25, 0.3) is 10.0 Å². The molecule has 0 saturated heterocycles. The minimum Gasteiger partial charge on any atom is -0.325 e. The molecular formula is C18H16FN3O3S3. The number of nitrogens with zero attached hydrogens (tertiary/aromatic N) is 1. The second kappa shape index (κ2) is 9.18. The monoisotopic (exact) mass is 437 g/mol. The summed E-state index contributed by atoms with van der Waals surface area (Å²) in [5.41, 5.74) is 1.43. The lowest BCUT2D eigenvalue weighted by Crippen LogP contribution is -2.15. The normalized spacial score (nSPS) is 11.2. The molecule has 3 rings (SSSR count). The number of thioether (sulfide) groups is 1. The van der Waals surface area contributed by atoms with Crippen molar-refractivity contribution in [1.29, 1.82) is 0 Å². The number of carbonyl (C=O) groups excluding carboxylic acids is 1. The Balaban J connectivity index is 1.50. The van der Waals surface area contributed by atoms with Crippen LogP contribution >= 0.6 is 23.1 Å². The van der Waals surface area contributed by atoms with Crippen LogP contribution < -0.4 is 10.0 Å². The van der Waals surface area contributed by atoms with Gasteiger partial charge in [0, 0.05) is 23.0 Å². The average molecular weight is 438 g/mol. The Morgan fingerprint density at radius 2 is 1.82 bits per heavy atom. The number of aromatic nitrogens is 1. The minimum absolute atomic E-state index is 0.0754. The maximum atomic E-state index is 12.9. The highest BCUT2D eigenvalue weighted by Crippen LogP contribution is 2.20. The number of amides is 1. The van der Waals surface area contributed by atoms with E-state index in [-0.39, 0.29) is 27.5 Å². The first kappa shape index (κ1) is 20.3. The van der Waals surface area contributed by atoms with Gasteiger partial charge in [-0.2, -0.15) is 0 Å². The van der Waals surface area contributed by atoms with Crippen molar-refractivity contribution in [2.24, 2.45) is 0 Å². The molecule has 0 bridgehead atoms. The van der Waals surface area contributed by atoms with Gasteiger partial charge in [-0.15, -0.1) is 23.1 Å². The zero-order valence-electron chi connectivity index (χ0n) is 14.5. The Hall–Kier alpha value is -2.43. The van der Waals surface area contributed by atoms with E-state index in [2.05, 4.69) is 15.0 Å². The lowest BCUT2D eigenvalue weighted by atomic mass is 10.2. The van der Waals surface area contributed by atoms with Gasteiger partial charge in [-0.3, -0.25) is 9.52 Å². The second-order valence-electron chi connectivity index (χ2n) is 5.63. The number of thiazole rings is 1.